The van der Waals surface area contributed by atoms with Gasteiger partial charge >= 0.3 is 0 Å². The Morgan fingerprint density at radius 2 is 1.92 bits per heavy atom. The van der Waals surface area contributed by atoms with Gasteiger partial charge in [-0.25, -0.2) is 0 Å². The van der Waals surface area contributed by atoms with Gasteiger partial charge in [0.25, 0.3) is 0 Å². The predicted octanol–water partition coefficient (Wildman–Crippen LogP) is 1.52. The number of amides is 1. The fourth-order valence-electron chi connectivity index (χ4n) is 1.01. The van der Waals surface area contributed by atoms with Gasteiger partial charge in [-0.05, 0) is 19.3 Å². The number of rotatable bonds is 6. The van der Waals surface area contributed by atoms with E-state index >= 15 is 0 Å². The molecule has 0 aromatic carbocycles. The van der Waals surface area contributed by atoms with Crippen molar-refractivity contribution in [3.05, 3.63) is 0 Å². The van der Waals surface area contributed by atoms with Crippen molar-refractivity contribution < 1.29 is 9.59 Å². The molecule has 0 heterocycles. The molecular weight excluding hydrogens is 166 g/mol. The van der Waals surface area contributed by atoms with Gasteiger partial charge < -0.3 is 10.1 Å². The van der Waals surface area contributed by atoms with Crippen LogP contribution >= 0.6 is 0 Å². The largest absolute Gasteiger partial charge is 0.356 e. The molecule has 1 N–H and O–H groups in total. The first kappa shape index (κ1) is 12.1. The second-order valence-electron chi connectivity index (χ2n) is 3.75. The van der Waals surface area contributed by atoms with Gasteiger partial charge in [0.05, 0.1) is 0 Å². The Bertz CT molecular complexity index is 176. The molecule has 3 heteroatoms. The lowest BCUT2D eigenvalue weighted by Crippen LogP contribution is -2.25. The van der Waals surface area contributed by atoms with E-state index in [1.54, 1.807) is 6.92 Å². The first-order valence-corrected chi connectivity index (χ1v) is 4.78. The molecule has 0 spiro atoms. The number of Topliss-reactive ketones (excluding diaryl/α,β-unsaturated/α-hetero) is 1. The minimum atomic E-state index is 0.0820. The summed E-state index contributed by atoms with van der Waals surface area (Å²) < 4.78 is 0. The Morgan fingerprint density at radius 3 is 2.38 bits per heavy atom. The van der Waals surface area contributed by atoms with Gasteiger partial charge in [0.1, 0.15) is 5.78 Å². The Labute approximate surface area is 79.9 Å². The van der Waals surface area contributed by atoms with Crippen molar-refractivity contribution >= 4 is 11.7 Å². The minimum absolute atomic E-state index is 0.0820. The molecule has 0 aliphatic carbocycles. The van der Waals surface area contributed by atoms with E-state index in [9.17, 15) is 9.59 Å². The molecule has 0 unspecified atom stereocenters. The van der Waals surface area contributed by atoms with Gasteiger partial charge in [-0.1, -0.05) is 13.8 Å². The summed E-state index contributed by atoms with van der Waals surface area (Å²) in [4.78, 5) is 21.7. The van der Waals surface area contributed by atoms with Gasteiger partial charge in [-0.15, -0.1) is 0 Å². The third-order valence-corrected chi connectivity index (χ3v) is 1.62. The lowest BCUT2D eigenvalue weighted by atomic mass is 10.1. The second-order valence-corrected chi connectivity index (χ2v) is 3.75. The third-order valence-electron chi connectivity index (χ3n) is 1.62. The number of hydrogen-bond acceptors (Lipinski definition) is 2. The number of hydrogen-bond donors (Lipinski definition) is 1. The molecule has 0 aliphatic heterocycles. The molecule has 0 atom stereocenters. The lowest BCUT2D eigenvalue weighted by Gasteiger charge is -2.05. The highest BCUT2D eigenvalue weighted by Crippen LogP contribution is 1.98. The van der Waals surface area contributed by atoms with Crippen LogP contribution in [0.25, 0.3) is 0 Å². The van der Waals surface area contributed by atoms with Gasteiger partial charge in [0, 0.05) is 19.4 Å². The average molecular weight is 185 g/mol. The van der Waals surface area contributed by atoms with Crippen LogP contribution < -0.4 is 5.32 Å². The molecule has 0 saturated heterocycles. The van der Waals surface area contributed by atoms with Crippen molar-refractivity contribution in [3.63, 3.8) is 0 Å². The van der Waals surface area contributed by atoms with Crippen LogP contribution in [0.1, 0.15) is 40.0 Å². The molecule has 0 rings (SSSR count). The van der Waals surface area contributed by atoms with Crippen LogP contribution in [0.5, 0.6) is 0 Å². The SMILES string of the molecule is CC(=O)CCCNC(=O)CC(C)C. The molecule has 0 aliphatic rings. The monoisotopic (exact) mass is 185 g/mol. The van der Waals surface area contributed by atoms with Crippen LogP contribution in [0.2, 0.25) is 0 Å². The third kappa shape index (κ3) is 9.05. The van der Waals surface area contributed by atoms with Crippen LogP contribution in [-0.4, -0.2) is 18.2 Å². The van der Waals surface area contributed by atoms with Gasteiger partial charge in [-0.3, -0.25) is 4.79 Å². The Kier molecular flexibility index (Phi) is 6.20. The minimum Gasteiger partial charge on any atom is -0.356 e. The average Bonchev–Trinajstić information content (AvgIpc) is 1.96. The molecule has 0 bridgehead atoms. The van der Waals surface area contributed by atoms with Crippen LogP contribution in [0.3, 0.4) is 0 Å². The Hall–Kier alpha value is -0.860. The number of carbonyl (C=O) groups is 2. The van der Waals surface area contributed by atoms with E-state index in [0.29, 0.717) is 25.3 Å². The second kappa shape index (κ2) is 6.63. The highest BCUT2D eigenvalue weighted by atomic mass is 16.1. The Morgan fingerprint density at radius 1 is 1.31 bits per heavy atom. The molecule has 0 radical (unpaired) electrons. The van der Waals surface area contributed by atoms with E-state index in [1.807, 2.05) is 13.8 Å². The summed E-state index contributed by atoms with van der Waals surface area (Å²) in [7, 11) is 0. The summed E-state index contributed by atoms with van der Waals surface area (Å²) in [5, 5.41) is 2.78. The van der Waals surface area contributed by atoms with E-state index in [4.69, 9.17) is 0 Å². The van der Waals surface area contributed by atoms with E-state index in [0.717, 1.165) is 6.42 Å². The summed E-state index contributed by atoms with van der Waals surface area (Å²) in [5.41, 5.74) is 0. The summed E-state index contributed by atoms with van der Waals surface area (Å²) in [6.07, 6.45) is 1.88. The number of nitrogens with one attached hydrogen (secondary N) is 1. The normalized spacial score (nSPS) is 10.2. The zero-order valence-corrected chi connectivity index (χ0v) is 8.72. The molecule has 13 heavy (non-hydrogen) atoms. The first-order chi connectivity index (χ1) is 6.02. The summed E-state index contributed by atoms with van der Waals surface area (Å²) in [6, 6.07) is 0. The van der Waals surface area contributed by atoms with Gasteiger partial charge in [0.15, 0.2) is 0 Å². The Balaban J connectivity index is 3.32. The molecule has 0 aromatic rings. The van der Waals surface area contributed by atoms with Crippen molar-refractivity contribution in [3.8, 4) is 0 Å². The smallest absolute Gasteiger partial charge is 0.220 e. The predicted molar refractivity (Wildman–Crippen MR) is 52.4 cm³/mol. The van der Waals surface area contributed by atoms with Crippen molar-refractivity contribution in [1.29, 1.82) is 0 Å². The van der Waals surface area contributed by atoms with Crippen molar-refractivity contribution in [2.24, 2.45) is 5.92 Å². The fraction of sp³-hybridized carbons (Fsp3) is 0.800. The zero-order chi connectivity index (χ0) is 10.3. The van der Waals surface area contributed by atoms with Crippen molar-refractivity contribution in [2.75, 3.05) is 6.54 Å². The van der Waals surface area contributed by atoms with Crippen LogP contribution in [0.4, 0.5) is 0 Å². The van der Waals surface area contributed by atoms with E-state index in [-0.39, 0.29) is 11.7 Å². The zero-order valence-electron chi connectivity index (χ0n) is 8.72. The molecule has 0 fully saturated rings. The maximum atomic E-state index is 11.1. The fourth-order valence-corrected chi connectivity index (χ4v) is 1.01. The van der Waals surface area contributed by atoms with Crippen LogP contribution in [0.15, 0.2) is 0 Å². The molecule has 1 amide bonds. The maximum absolute atomic E-state index is 11.1. The van der Waals surface area contributed by atoms with E-state index in [1.165, 1.54) is 0 Å². The van der Waals surface area contributed by atoms with Crippen LogP contribution in [0, 0.1) is 5.92 Å². The molecule has 0 saturated carbocycles. The van der Waals surface area contributed by atoms with Crippen molar-refractivity contribution in [2.45, 2.75) is 40.0 Å². The standard InChI is InChI=1S/C10H19NO2/c1-8(2)7-10(13)11-6-4-5-9(3)12/h8H,4-7H2,1-3H3,(H,11,13). The highest BCUT2D eigenvalue weighted by Gasteiger charge is 2.03. The topological polar surface area (TPSA) is 46.2 Å². The summed E-state index contributed by atoms with van der Waals surface area (Å²) in [6.45, 7) is 6.20. The molecular formula is C10H19NO2. The first-order valence-electron chi connectivity index (χ1n) is 4.78. The van der Waals surface area contributed by atoms with E-state index < -0.39 is 0 Å². The number of carbonyl (C=O) groups excluding carboxylic acids is 2. The molecule has 3 nitrogen and oxygen atoms in total. The van der Waals surface area contributed by atoms with Gasteiger partial charge in [0.2, 0.25) is 5.91 Å². The quantitative estimate of drug-likeness (QED) is 0.638. The molecule has 0 aromatic heterocycles. The van der Waals surface area contributed by atoms with Gasteiger partial charge in [-0.2, -0.15) is 0 Å². The lowest BCUT2D eigenvalue weighted by molar-refractivity contribution is -0.122. The number of ketones is 1. The van der Waals surface area contributed by atoms with E-state index in [2.05, 4.69) is 5.32 Å². The summed E-state index contributed by atoms with van der Waals surface area (Å²) >= 11 is 0. The van der Waals surface area contributed by atoms with Crippen LogP contribution in [-0.2, 0) is 9.59 Å². The molecule has 76 valence electrons. The maximum Gasteiger partial charge on any atom is 0.220 e. The highest BCUT2D eigenvalue weighted by molar-refractivity contribution is 5.76. The van der Waals surface area contributed by atoms with Crippen molar-refractivity contribution in [1.82, 2.24) is 5.32 Å². The summed E-state index contributed by atoms with van der Waals surface area (Å²) in [5.74, 6) is 0.657.